The number of para-hydroxylation sites is 2. The van der Waals surface area contributed by atoms with E-state index in [1.165, 1.54) is 51.0 Å². The van der Waals surface area contributed by atoms with Crippen molar-refractivity contribution in [2.24, 2.45) is 17.8 Å². The zero-order valence-electron chi connectivity index (χ0n) is 17.9. The fourth-order valence-electron chi connectivity index (χ4n) is 5.80. The van der Waals surface area contributed by atoms with Crippen LogP contribution in [0.25, 0.3) is 0 Å². The second-order valence-electron chi connectivity index (χ2n) is 9.01. The third-order valence-corrected chi connectivity index (χ3v) is 7.89. The molecule has 4 aliphatic carbocycles. The molecule has 164 valence electrons. The molecule has 0 radical (unpaired) electrons. The molecule has 1 aromatic carbocycles. The van der Waals surface area contributed by atoms with Crippen LogP contribution < -0.4 is 14.3 Å². The van der Waals surface area contributed by atoms with E-state index < -0.39 is 13.4 Å². The molecule has 5 rings (SSSR count). The summed E-state index contributed by atoms with van der Waals surface area (Å²) in [6.45, 7) is 10.5. The molecule has 6 nitrogen and oxygen atoms in total. The third-order valence-electron chi connectivity index (χ3n) is 6.86. The Morgan fingerprint density at radius 3 is 1.93 bits per heavy atom. The van der Waals surface area contributed by atoms with Crippen molar-refractivity contribution in [3.63, 3.8) is 0 Å². The summed E-state index contributed by atoms with van der Waals surface area (Å²) in [7, 11) is -4.50. The molecule has 0 heterocycles. The van der Waals surface area contributed by atoms with E-state index in [4.69, 9.17) is 9.05 Å². The van der Waals surface area contributed by atoms with Gasteiger partial charge >= 0.3 is 7.82 Å². The Hall–Kier alpha value is -1.07. The molecule has 7 heteroatoms. The first kappa shape index (κ1) is 22.6. The molecule has 4 saturated carbocycles. The van der Waals surface area contributed by atoms with Crippen LogP contribution in [0.5, 0.6) is 11.5 Å². The van der Waals surface area contributed by atoms with E-state index in [0.29, 0.717) is 17.8 Å². The molecular formula is C22H36NO5P. The predicted molar refractivity (Wildman–Crippen MR) is 111 cm³/mol. The van der Waals surface area contributed by atoms with Gasteiger partial charge in [0.15, 0.2) is 11.5 Å². The van der Waals surface area contributed by atoms with Gasteiger partial charge in [-0.3, -0.25) is 4.57 Å². The van der Waals surface area contributed by atoms with Crippen molar-refractivity contribution in [2.75, 3.05) is 19.6 Å². The number of phenolic OH excluding ortho intramolecular Hbond substituents is 1. The highest BCUT2D eigenvalue weighted by Crippen LogP contribution is 2.61. The van der Waals surface area contributed by atoms with Gasteiger partial charge in [-0.1, -0.05) is 12.1 Å². The third kappa shape index (κ3) is 5.75. The summed E-state index contributed by atoms with van der Waals surface area (Å²) in [6.07, 6.45) is 6.09. The van der Waals surface area contributed by atoms with Crippen molar-refractivity contribution in [2.45, 2.75) is 64.9 Å². The van der Waals surface area contributed by atoms with Crippen molar-refractivity contribution in [1.82, 2.24) is 0 Å². The quantitative estimate of drug-likeness (QED) is 0.656. The monoisotopic (exact) mass is 425 g/mol. The Morgan fingerprint density at radius 1 is 1.03 bits per heavy atom. The lowest BCUT2D eigenvalue weighted by molar-refractivity contribution is -0.894. The second kappa shape index (κ2) is 9.38. The van der Waals surface area contributed by atoms with E-state index in [1.807, 2.05) is 0 Å². The average Bonchev–Trinajstić information content (AvgIpc) is 2.63. The van der Waals surface area contributed by atoms with Crippen molar-refractivity contribution >= 4 is 7.82 Å². The van der Waals surface area contributed by atoms with Gasteiger partial charge in [0.05, 0.1) is 25.2 Å². The average molecular weight is 426 g/mol. The molecule has 0 aliphatic heterocycles. The number of hydrogen-bond donors (Lipinski definition) is 2. The van der Waals surface area contributed by atoms with Crippen LogP contribution in [-0.4, -0.2) is 30.3 Å². The molecule has 0 amide bonds. The fraction of sp³-hybridized carbons (Fsp3) is 0.727. The smallest absolute Gasteiger partial charge is 0.320 e. The lowest BCUT2D eigenvalue weighted by Gasteiger charge is -2.56. The van der Waals surface area contributed by atoms with Gasteiger partial charge in [-0.15, -0.1) is 0 Å². The van der Waals surface area contributed by atoms with E-state index >= 15 is 0 Å². The van der Waals surface area contributed by atoms with Crippen molar-refractivity contribution < 1.29 is 28.5 Å². The zero-order valence-corrected chi connectivity index (χ0v) is 18.8. The van der Waals surface area contributed by atoms with Gasteiger partial charge < -0.3 is 23.9 Å². The summed E-state index contributed by atoms with van der Waals surface area (Å²) in [4.78, 5) is 14.0. The highest BCUT2D eigenvalue weighted by Gasteiger charge is 2.53. The summed E-state index contributed by atoms with van der Waals surface area (Å²) in [5.74, 6) is 1.50. The first-order valence-corrected chi connectivity index (χ1v) is 12.6. The lowest BCUT2D eigenvalue weighted by Crippen LogP contribution is -3.11. The maximum absolute atomic E-state index is 12.3. The minimum atomic E-state index is -4.50. The molecule has 2 N–H and O–H groups in total. The molecule has 0 aromatic heterocycles. The Labute approximate surface area is 174 Å². The molecule has 4 fully saturated rings. The van der Waals surface area contributed by atoms with E-state index in [1.54, 1.807) is 17.0 Å². The number of hydrogen-bond acceptors (Lipinski definition) is 5. The van der Waals surface area contributed by atoms with Crippen molar-refractivity contribution in [3.8, 4) is 11.5 Å². The standard InChI is InChI=1S/C16H21O5P.C6H15N/c17-14-3-1-2-4-15(14)20-22(18,19)21-16-8-11-5-12(9-16)7-13(6-11)10-16;1-4-7(5-2)6-3/h1-4,11-13,17H,5-10H2,(H,18,19);4-6H2,1-3H3. The van der Waals surface area contributed by atoms with Crippen LogP contribution >= 0.6 is 7.82 Å². The van der Waals surface area contributed by atoms with E-state index in [-0.39, 0.29) is 11.5 Å². The summed E-state index contributed by atoms with van der Waals surface area (Å²) < 4.78 is 22.9. The normalized spacial score (nSPS) is 31.8. The van der Waals surface area contributed by atoms with Gasteiger partial charge in [0.2, 0.25) is 0 Å². The van der Waals surface area contributed by atoms with Gasteiger partial charge in [-0.2, -0.15) is 0 Å². The number of quaternary nitrogens is 1. The minimum Gasteiger partial charge on any atom is -0.746 e. The van der Waals surface area contributed by atoms with E-state index in [2.05, 4.69) is 20.8 Å². The largest absolute Gasteiger partial charge is 0.746 e. The predicted octanol–water partition coefficient (Wildman–Crippen LogP) is 3.16. The molecule has 0 spiro atoms. The van der Waals surface area contributed by atoms with Gasteiger partial charge in [-0.05, 0) is 89.2 Å². The van der Waals surface area contributed by atoms with Crippen LogP contribution in [0.2, 0.25) is 0 Å². The molecule has 1 unspecified atom stereocenters. The van der Waals surface area contributed by atoms with Crippen LogP contribution in [0.3, 0.4) is 0 Å². The first-order valence-electron chi connectivity index (χ1n) is 11.1. The van der Waals surface area contributed by atoms with Gasteiger partial charge in [0.25, 0.3) is 0 Å². The SMILES string of the molecule is CC[NH+](CC)CC.O=P([O-])(Oc1ccccc1O)OC12CC3CC(CC(C3)C1)C2. The number of phenols is 1. The molecule has 1 atom stereocenters. The summed E-state index contributed by atoms with van der Waals surface area (Å²) >= 11 is 0. The van der Waals surface area contributed by atoms with Crippen LogP contribution in [0, 0.1) is 17.8 Å². The van der Waals surface area contributed by atoms with E-state index in [0.717, 1.165) is 19.3 Å². The van der Waals surface area contributed by atoms with E-state index in [9.17, 15) is 14.6 Å². The molecule has 4 bridgehead atoms. The number of rotatable bonds is 7. The second-order valence-corrected chi connectivity index (χ2v) is 10.3. The Kier molecular flexibility index (Phi) is 7.32. The Balaban J connectivity index is 0.000000298. The number of phosphoric ester groups is 1. The zero-order chi connectivity index (χ0) is 21.1. The van der Waals surface area contributed by atoms with Crippen molar-refractivity contribution in [1.29, 1.82) is 0 Å². The summed E-state index contributed by atoms with van der Waals surface area (Å²) in [5.41, 5.74) is -0.573. The summed E-state index contributed by atoms with van der Waals surface area (Å²) in [6, 6.07) is 6.03. The molecular weight excluding hydrogens is 389 g/mol. The Morgan fingerprint density at radius 2 is 1.52 bits per heavy atom. The van der Waals surface area contributed by atoms with Crippen LogP contribution in [0.4, 0.5) is 0 Å². The topological polar surface area (TPSA) is 83.3 Å². The maximum atomic E-state index is 12.3. The van der Waals surface area contributed by atoms with Crippen LogP contribution in [0.15, 0.2) is 24.3 Å². The molecule has 0 saturated heterocycles. The van der Waals surface area contributed by atoms with Crippen LogP contribution in [0.1, 0.15) is 59.3 Å². The molecule has 1 aromatic rings. The van der Waals surface area contributed by atoms with Gasteiger partial charge in [0.1, 0.15) is 0 Å². The van der Waals surface area contributed by atoms with Crippen LogP contribution in [-0.2, 0) is 9.09 Å². The minimum absolute atomic E-state index is 0.0782. The first-order chi connectivity index (χ1) is 13.8. The highest BCUT2D eigenvalue weighted by atomic mass is 31.2. The molecule has 29 heavy (non-hydrogen) atoms. The van der Waals surface area contributed by atoms with Gasteiger partial charge in [-0.25, -0.2) is 0 Å². The molecule has 4 aliphatic rings. The van der Waals surface area contributed by atoms with Crippen molar-refractivity contribution in [3.05, 3.63) is 24.3 Å². The lowest BCUT2D eigenvalue weighted by atomic mass is 9.54. The highest BCUT2D eigenvalue weighted by molar-refractivity contribution is 7.46. The number of aromatic hydroxyl groups is 1. The number of nitrogens with one attached hydrogen (secondary N) is 1. The summed E-state index contributed by atoms with van der Waals surface area (Å²) in [5, 5.41) is 9.66. The number of phosphoric acid groups is 1. The fourth-order valence-corrected chi connectivity index (χ4v) is 6.93. The number of benzene rings is 1. The maximum Gasteiger partial charge on any atom is 0.320 e. The van der Waals surface area contributed by atoms with Gasteiger partial charge in [0, 0.05) is 0 Å². The Bertz CT molecular complexity index is 680.